The van der Waals surface area contributed by atoms with E-state index in [1.165, 1.54) is 12.8 Å². The molecule has 1 aliphatic carbocycles. The predicted octanol–water partition coefficient (Wildman–Crippen LogP) is 1.02. The molecular formula is C19H32N2O4. The van der Waals surface area contributed by atoms with Gasteiger partial charge in [0.15, 0.2) is 0 Å². The number of carbonyl (C=O) groups is 1. The van der Waals surface area contributed by atoms with Crippen molar-refractivity contribution < 1.29 is 19.4 Å². The first-order valence-electron chi connectivity index (χ1n) is 10.1. The minimum atomic E-state index is -0.427. The predicted molar refractivity (Wildman–Crippen MR) is 93.2 cm³/mol. The number of rotatable bonds is 6. The van der Waals surface area contributed by atoms with E-state index in [0.29, 0.717) is 43.5 Å². The fourth-order valence-electron chi connectivity index (χ4n) is 4.80. The van der Waals surface area contributed by atoms with Gasteiger partial charge in [-0.25, -0.2) is 0 Å². The van der Waals surface area contributed by atoms with Gasteiger partial charge in [-0.1, -0.05) is 0 Å². The molecule has 0 aromatic rings. The zero-order chi connectivity index (χ0) is 17.2. The van der Waals surface area contributed by atoms with Gasteiger partial charge in [0, 0.05) is 51.4 Å². The summed E-state index contributed by atoms with van der Waals surface area (Å²) in [6, 6.07) is 0.978. The van der Waals surface area contributed by atoms with Crippen LogP contribution in [0, 0.1) is 5.92 Å². The molecule has 25 heavy (non-hydrogen) atoms. The van der Waals surface area contributed by atoms with Gasteiger partial charge >= 0.3 is 0 Å². The summed E-state index contributed by atoms with van der Waals surface area (Å²) in [7, 11) is 0. The summed E-state index contributed by atoms with van der Waals surface area (Å²) in [6.07, 6.45) is 6.85. The summed E-state index contributed by atoms with van der Waals surface area (Å²) in [5.74, 6) is 0.956. The van der Waals surface area contributed by atoms with Gasteiger partial charge in [-0.15, -0.1) is 0 Å². The van der Waals surface area contributed by atoms with Crippen LogP contribution in [0.4, 0.5) is 0 Å². The Kier molecular flexibility index (Phi) is 5.60. The second-order valence-corrected chi connectivity index (χ2v) is 8.25. The van der Waals surface area contributed by atoms with Crippen LogP contribution in [0.25, 0.3) is 0 Å². The minimum absolute atomic E-state index is 0.241. The number of nitrogens with zero attached hydrogens (tertiary/aromatic N) is 2. The topological polar surface area (TPSA) is 62.2 Å². The molecule has 1 amide bonds. The van der Waals surface area contributed by atoms with Crippen LogP contribution in [-0.2, 0) is 14.3 Å². The third-order valence-electron chi connectivity index (χ3n) is 6.25. The first-order valence-corrected chi connectivity index (χ1v) is 10.1. The third kappa shape index (κ3) is 4.35. The Balaban J connectivity index is 1.22. The molecule has 3 unspecified atom stereocenters. The second kappa shape index (κ2) is 7.91. The van der Waals surface area contributed by atoms with Gasteiger partial charge < -0.3 is 24.4 Å². The van der Waals surface area contributed by atoms with Gasteiger partial charge in [0.1, 0.15) is 0 Å². The Hall–Kier alpha value is -0.690. The van der Waals surface area contributed by atoms with Crippen molar-refractivity contribution in [2.24, 2.45) is 5.92 Å². The number of hydrogen-bond acceptors (Lipinski definition) is 5. The van der Waals surface area contributed by atoms with E-state index in [0.717, 1.165) is 52.0 Å². The molecule has 6 nitrogen and oxygen atoms in total. The van der Waals surface area contributed by atoms with Crippen molar-refractivity contribution in [1.82, 2.24) is 9.80 Å². The molecule has 0 aromatic heterocycles. The van der Waals surface area contributed by atoms with E-state index in [1.807, 2.05) is 0 Å². The monoisotopic (exact) mass is 352 g/mol. The lowest BCUT2D eigenvalue weighted by Gasteiger charge is -2.47. The molecule has 4 aliphatic rings. The number of ether oxygens (including phenoxy) is 2. The standard InChI is InChI=1S/C19H32N2O4/c22-16(13-25-17-6-9-24-10-7-17)12-20-8-5-18-14(11-20)1-4-19(23)21(18)15-2-3-15/h14-18,22H,1-13H2. The lowest BCUT2D eigenvalue weighted by Crippen LogP contribution is -2.57. The Bertz CT molecular complexity index is 464. The molecule has 0 aromatic carbocycles. The van der Waals surface area contributed by atoms with E-state index in [-0.39, 0.29) is 6.10 Å². The lowest BCUT2D eigenvalue weighted by molar-refractivity contribution is -0.142. The quantitative estimate of drug-likeness (QED) is 0.773. The minimum Gasteiger partial charge on any atom is -0.389 e. The van der Waals surface area contributed by atoms with Crippen molar-refractivity contribution in [3.05, 3.63) is 0 Å². The fraction of sp³-hybridized carbons (Fsp3) is 0.947. The molecule has 1 N–H and O–H groups in total. The zero-order valence-corrected chi connectivity index (χ0v) is 15.1. The number of hydrogen-bond donors (Lipinski definition) is 1. The highest BCUT2D eigenvalue weighted by Gasteiger charge is 2.45. The molecule has 1 saturated carbocycles. The molecule has 142 valence electrons. The van der Waals surface area contributed by atoms with Crippen LogP contribution < -0.4 is 0 Å². The van der Waals surface area contributed by atoms with Crippen molar-refractivity contribution in [3.8, 4) is 0 Å². The van der Waals surface area contributed by atoms with Crippen molar-refractivity contribution in [1.29, 1.82) is 0 Å². The molecule has 6 heteroatoms. The molecule has 3 atom stereocenters. The smallest absolute Gasteiger partial charge is 0.223 e. The van der Waals surface area contributed by atoms with Gasteiger partial charge in [-0.05, 0) is 44.4 Å². The number of piperidine rings is 2. The molecule has 0 radical (unpaired) electrons. The van der Waals surface area contributed by atoms with Gasteiger partial charge in [0.25, 0.3) is 0 Å². The number of likely N-dealkylation sites (tertiary alicyclic amines) is 2. The molecule has 3 heterocycles. The maximum Gasteiger partial charge on any atom is 0.223 e. The highest BCUT2D eigenvalue weighted by atomic mass is 16.5. The van der Waals surface area contributed by atoms with Crippen LogP contribution in [0.3, 0.4) is 0 Å². The molecule has 0 spiro atoms. The summed E-state index contributed by atoms with van der Waals surface area (Å²) in [6.45, 7) is 4.63. The summed E-state index contributed by atoms with van der Waals surface area (Å²) in [5, 5.41) is 10.4. The van der Waals surface area contributed by atoms with E-state index >= 15 is 0 Å². The Morgan fingerprint density at radius 1 is 1.16 bits per heavy atom. The van der Waals surface area contributed by atoms with E-state index in [9.17, 15) is 9.90 Å². The number of aliphatic hydroxyl groups excluding tert-OH is 1. The SMILES string of the molecule is O=C1CCC2CN(CC(O)COC3CCOCC3)CCC2N1C1CC1. The Morgan fingerprint density at radius 2 is 1.96 bits per heavy atom. The summed E-state index contributed by atoms with van der Waals surface area (Å²) < 4.78 is 11.2. The maximum absolute atomic E-state index is 12.3. The van der Waals surface area contributed by atoms with Crippen LogP contribution >= 0.6 is 0 Å². The number of β-amino-alcohol motifs (C(OH)–C–C–N with tert-alkyl or cyclic N) is 1. The number of fused-ring (bicyclic) bond motifs is 1. The largest absolute Gasteiger partial charge is 0.389 e. The average Bonchev–Trinajstić information content (AvgIpc) is 3.46. The summed E-state index contributed by atoms with van der Waals surface area (Å²) >= 11 is 0. The highest BCUT2D eigenvalue weighted by Crippen LogP contribution is 2.38. The molecule has 4 fully saturated rings. The first-order chi connectivity index (χ1) is 12.2. The number of carbonyl (C=O) groups excluding carboxylic acids is 1. The van der Waals surface area contributed by atoms with E-state index in [1.54, 1.807) is 0 Å². The zero-order valence-electron chi connectivity index (χ0n) is 15.1. The van der Waals surface area contributed by atoms with Crippen molar-refractivity contribution >= 4 is 5.91 Å². The summed E-state index contributed by atoms with van der Waals surface area (Å²) in [4.78, 5) is 16.9. The van der Waals surface area contributed by atoms with Crippen molar-refractivity contribution in [2.75, 3.05) is 39.5 Å². The normalized spacial score (nSPS) is 33.3. The summed E-state index contributed by atoms with van der Waals surface area (Å²) in [5.41, 5.74) is 0. The van der Waals surface area contributed by atoms with Gasteiger partial charge in [0.2, 0.25) is 5.91 Å². The molecule has 3 aliphatic heterocycles. The Labute approximate surface area is 150 Å². The van der Waals surface area contributed by atoms with E-state index in [2.05, 4.69) is 9.80 Å². The average molecular weight is 352 g/mol. The molecule has 0 bridgehead atoms. The third-order valence-corrected chi connectivity index (χ3v) is 6.25. The van der Waals surface area contributed by atoms with E-state index < -0.39 is 6.10 Å². The Morgan fingerprint density at radius 3 is 2.72 bits per heavy atom. The molecular weight excluding hydrogens is 320 g/mol. The van der Waals surface area contributed by atoms with Gasteiger partial charge in [-0.3, -0.25) is 4.79 Å². The molecule has 3 saturated heterocycles. The van der Waals surface area contributed by atoms with Gasteiger partial charge in [0.05, 0.1) is 18.8 Å². The van der Waals surface area contributed by atoms with Crippen molar-refractivity contribution in [3.63, 3.8) is 0 Å². The van der Waals surface area contributed by atoms with Crippen LogP contribution in [0.1, 0.15) is 44.9 Å². The van der Waals surface area contributed by atoms with E-state index in [4.69, 9.17) is 9.47 Å². The fourth-order valence-corrected chi connectivity index (χ4v) is 4.80. The van der Waals surface area contributed by atoms with Gasteiger partial charge in [-0.2, -0.15) is 0 Å². The first kappa shape index (κ1) is 17.7. The second-order valence-electron chi connectivity index (χ2n) is 8.25. The van der Waals surface area contributed by atoms with Crippen LogP contribution in [0.5, 0.6) is 0 Å². The lowest BCUT2D eigenvalue weighted by atomic mass is 9.83. The van der Waals surface area contributed by atoms with Crippen LogP contribution in [0.15, 0.2) is 0 Å². The highest BCUT2D eigenvalue weighted by molar-refractivity contribution is 5.78. The van der Waals surface area contributed by atoms with Crippen LogP contribution in [-0.4, -0.2) is 84.6 Å². The van der Waals surface area contributed by atoms with Crippen LogP contribution in [0.2, 0.25) is 0 Å². The van der Waals surface area contributed by atoms with Crippen molar-refractivity contribution in [2.45, 2.75) is 69.2 Å². The maximum atomic E-state index is 12.3. The number of aliphatic hydroxyl groups is 1. The molecule has 4 rings (SSSR count). The number of amides is 1.